The number of benzene rings is 1. The monoisotopic (exact) mass is 240 g/mol. The Bertz CT molecular complexity index is 493. The van der Waals surface area contributed by atoms with Gasteiger partial charge in [-0.3, -0.25) is 4.98 Å². The van der Waals surface area contributed by atoms with Crippen molar-refractivity contribution in [2.75, 3.05) is 7.05 Å². The normalized spacial score (nSPS) is 14.2. The van der Waals surface area contributed by atoms with Crippen LogP contribution in [0.15, 0.2) is 48.8 Å². The molecular formula is C16H20N2. The first-order valence-electron chi connectivity index (χ1n) is 6.36. The Hall–Kier alpha value is -1.67. The van der Waals surface area contributed by atoms with Gasteiger partial charge in [-0.1, -0.05) is 37.3 Å². The van der Waals surface area contributed by atoms with E-state index in [1.165, 1.54) is 16.7 Å². The van der Waals surface area contributed by atoms with Crippen LogP contribution in [0.5, 0.6) is 0 Å². The third-order valence-electron chi connectivity index (χ3n) is 3.55. The molecule has 0 saturated heterocycles. The van der Waals surface area contributed by atoms with Crippen LogP contribution in [0.25, 0.3) is 0 Å². The van der Waals surface area contributed by atoms with Gasteiger partial charge in [0.15, 0.2) is 0 Å². The molecule has 0 aliphatic rings. The molecule has 0 bridgehead atoms. The number of aryl methyl sites for hydroxylation is 1. The lowest BCUT2D eigenvalue weighted by Crippen LogP contribution is -2.23. The number of nitrogens with one attached hydrogen (secondary N) is 1. The number of pyridine rings is 1. The van der Waals surface area contributed by atoms with Gasteiger partial charge in [0, 0.05) is 24.4 Å². The zero-order valence-electron chi connectivity index (χ0n) is 11.2. The maximum atomic E-state index is 4.25. The third-order valence-corrected chi connectivity index (χ3v) is 3.55. The van der Waals surface area contributed by atoms with Crippen LogP contribution in [0.3, 0.4) is 0 Å². The summed E-state index contributed by atoms with van der Waals surface area (Å²) < 4.78 is 0. The van der Waals surface area contributed by atoms with E-state index in [1.807, 2.05) is 19.4 Å². The summed E-state index contributed by atoms with van der Waals surface area (Å²) >= 11 is 0. The van der Waals surface area contributed by atoms with E-state index in [-0.39, 0.29) is 0 Å². The molecule has 1 aromatic carbocycles. The van der Waals surface area contributed by atoms with Crippen molar-refractivity contribution in [3.8, 4) is 0 Å². The van der Waals surface area contributed by atoms with Crippen LogP contribution in [0.2, 0.25) is 0 Å². The van der Waals surface area contributed by atoms with Crippen molar-refractivity contribution in [1.82, 2.24) is 10.3 Å². The third kappa shape index (κ3) is 2.59. The van der Waals surface area contributed by atoms with Gasteiger partial charge in [0.2, 0.25) is 0 Å². The van der Waals surface area contributed by atoms with Gasteiger partial charge in [-0.05, 0) is 36.7 Å². The van der Waals surface area contributed by atoms with Crippen molar-refractivity contribution in [2.24, 2.45) is 0 Å². The summed E-state index contributed by atoms with van der Waals surface area (Å²) in [5, 5.41) is 3.42. The molecule has 0 fully saturated rings. The largest absolute Gasteiger partial charge is 0.312 e. The molecule has 2 aromatic rings. The molecule has 0 aliphatic carbocycles. The summed E-state index contributed by atoms with van der Waals surface area (Å²) in [6.45, 7) is 4.39. The summed E-state index contributed by atoms with van der Waals surface area (Å²) in [5.74, 6) is 0.416. The molecule has 2 nitrogen and oxygen atoms in total. The molecule has 0 spiro atoms. The van der Waals surface area contributed by atoms with Crippen LogP contribution in [0.1, 0.15) is 35.6 Å². The highest BCUT2D eigenvalue weighted by atomic mass is 14.9. The van der Waals surface area contributed by atoms with Crippen LogP contribution in [-0.4, -0.2) is 12.0 Å². The van der Waals surface area contributed by atoms with E-state index >= 15 is 0 Å². The first-order chi connectivity index (χ1) is 8.74. The van der Waals surface area contributed by atoms with Crippen LogP contribution in [0.4, 0.5) is 0 Å². The van der Waals surface area contributed by atoms with Gasteiger partial charge >= 0.3 is 0 Å². The fourth-order valence-electron chi connectivity index (χ4n) is 2.43. The van der Waals surface area contributed by atoms with Crippen molar-refractivity contribution in [3.63, 3.8) is 0 Å². The Balaban J connectivity index is 2.32. The molecule has 1 aromatic heterocycles. The maximum absolute atomic E-state index is 4.25. The van der Waals surface area contributed by atoms with Crippen molar-refractivity contribution in [2.45, 2.75) is 25.8 Å². The Labute approximate surface area is 109 Å². The molecule has 0 radical (unpaired) electrons. The lowest BCUT2D eigenvalue weighted by molar-refractivity contribution is 0.504. The molecule has 0 amide bonds. The maximum Gasteiger partial charge on any atom is 0.0402 e. The van der Waals surface area contributed by atoms with E-state index in [9.17, 15) is 0 Å². The number of hydrogen-bond donors (Lipinski definition) is 1. The molecule has 2 atom stereocenters. The molecule has 1 N–H and O–H groups in total. The van der Waals surface area contributed by atoms with Crippen molar-refractivity contribution < 1.29 is 0 Å². The minimum absolute atomic E-state index is 0.293. The fourth-order valence-corrected chi connectivity index (χ4v) is 2.43. The number of nitrogens with zero attached hydrogens (tertiary/aromatic N) is 1. The van der Waals surface area contributed by atoms with E-state index in [4.69, 9.17) is 0 Å². The molecule has 2 heteroatoms. The fraction of sp³-hybridized carbons (Fsp3) is 0.312. The predicted molar refractivity (Wildman–Crippen MR) is 75.6 cm³/mol. The van der Waals surface area contributed by atoms with E-state index in [0.29, 0.717) is 12.0 Å². The number of aromatic nitrogens is 1. The summed E-state index contributed by atoms with van der Waals surface area (Å²) in [5.41, 5.74) is 3.91. The van der Waals surface area contributed by atoms with Crippen LogP contribution < -0.4 is 5.32 Å². The van der Waals surface area contributed by atoms with Crippen molar-refractivity contribution >= 4 is 0 Å². The van der Waals surface area contributed by atoms with Crippen molar-refractivity contribution in [3.05, 3.63) is 65.5 Å². The predicted octanol–water partition coefficient (Wildman–Crippen LogP) is 3.45. The average molecular weight is 240 g/mol. The van der Waals surface area contributed by atoms with E-state index in [0.717, 1.165) is 0 Å². The number of hydrogen-bond acceptors (Lipinski definition) is 2. The van der Waals surface area contributed by atoms with E-state index < -0.39 is 0 Å². The standard InChI is InChI=1S/C16H20N2/c1-12-9-10-18-11-15(12)16(17-3)13(2)14-7-5-4-6-8-14/h4-11,13,16-17H,1-3H3. The van der Waals surface area contributed by atoms with E-state index in [2.05, 4.69) is 60.5 Å². The van der Waals surface area contributed by atoms with Gasteiger partial charge in [0.1, 0.15) is 0 Å². The highest BCUT2D eigenvalue weighted by molar-refractivity contribution is 5.30. The second kappa shape index (κ2) is 5.78. The van der Waals surface area contributed by atoms with Crippen molar-refractivity contribution in [1.29, 1.82) is 0 Å². The first kappa shape index (κ1) is 12.8. The average Bonchev–Trinajstić information content (AvgIpc) is 2.42. The highest BCUT2D eigenvalue weighted by Crippen LogP contribution is 2.31. The molecule has 0 saturated carbocycles. The molecule has 0 aliphatic heterocycles. The summed E-state index contributed by atoms with van der Waals surface area (Å²) in [7, 11) is 2.01. The summed E-state index contributed by atoms with van der Waals surface area (Å²) in [4.78, 5) is 4.25. The van der Waals surface area contributed by atoms with Gasteiger partial charge in [-0.15, -0.1) is 0 Å². The van der Waals surface area contributed by atoms with Gasteiger partial charge in [0.05, 0.1) is 0 Å². The minimum Gasteiger partial charge on any atom is -0.312 e. The Morgan fingerprint density at radius 3 is 2.44 bits per heavy atom. The lowest BCUT2D eigenvalue weighted by atomic mass is 9.87. The van der Waals surface area contributed by atoms with Gasteiger partial charge in [-0.2, -0.15) is 0 Å². The second-order valence-electron chi connectivity index (χ2n) is 4.70. The Kier molecular flexibility index (Phi) is 4.11. The van der Waals surface area contributed by atoms with Gasteiger partial charge in [0.25, 0.3) is 0 Å². The SMILES string of the molecule is CNC(c1cnccc1C)C(C)c1ccccc1. The zero-order chi connectivity index (χ0) is 13.0. The van der Waals surface area contributed by atoms with Gasteiger partial charge in [-0.25, -0.2) is 0 Å². The quantitative estimate of drug-likeness (QED) is 0.885. The molecule has 18 heavy (non-hydrogen) atoms. The zero-order valence-corrected chi connectivity index (χ0v) is 11.2. The molecule has 94 valence electrons. The lowest BCUT2D eigenvalue weighted by Gasteiger charge is -2.25. The van der Waals surface area contributed by atoms with Crippen LogP contribution in [-0.2, 0) is 0 Å². The molecule has 2 rings (SSSR count). The Morgan fingerprint density at radius 1 is 1.11 bits per heavy atom. The summed E-state index contributed by atoms with van der Waals surface area (Å²) in [6.07, 6.45) is 3.81. The number of rotatable bonds is 4. The van der Waals surface area contributed by atoms with E-state index in [1.54, 1.807) is 0 Å². The second-order valence-corrected chi connectivity index (χ2v) is 4.70. The molecule has 1 heterocycles. The highest BCUT2D eigenvalue weighted by Gasteiger charge is 2.20. The summed E-state index contributed by atoms with van der Waals surface area (Å²) in [6, 6.07) is 13.0. The Morgan fingerprint density at radius 2 is 1.83 bits per heavy atom. The smallest absolute Gasteiger partial charge is 0.0402 e. The number of likely N-dealkylation sites (N-methyl/N-ethyl adjacent to an activating group) is 1. The first-order valence-corrected chi connectivity index (χ1v) is 6.36. The van der Waals surface area contributed by atoms with Crippen LogP contribution in [0, 0.1) is 6.92 Å². The molecular weight excluding hydrogens is 220 g/mol. The van der Waals surface area contributed by atoms with Gasteiger partial charge < -0.3 is 5.32 Å². The topological polar surface area (TPSA) is 24.9 Å². The van der Waals surface area contributed by atoms with Crippen LogP contribution >= 0.6 is 0 Å². The minimum atomic E-state index is 0.293. The molecule has 2 unspecified atom stereocenters.